The van der Waals surface area contributed by atoms with E-state index in [0.29, 0.717) is 30.2 Å². The minimum atomic E-state index is -0.182. The summed E-state index contributed by atoms with van der Waals surface area (Å²) in [5, 5.41) is 0. The minimum absolute atomic E-state index is 0.0352. The highest BCUT2D eigenvalue weighted by atomic mass is 16.5. The van der Waals surface area contributed by atoms with Crippen molar-refractivity contribution in [2.24, 2.45) is 0 Å². The van der Waals surface area contributed by atoms with Gasteiger partial charge in [-0.05, 0) is 30.7 Å². The van der Waals surface area contributed by atoms with Crippen LogP contribution in [0.2, 0.25) is 0 Å². The molecule has 2 aromatic rings. The van der Waals surface area contributed by atoms with Crippen molar-refractivity contribution in [3.63, 3.8) is 0 Å². The maximum atomic E-state index is 12.9. The zero-order valence-corrected chi connectivity index (χ0v) is 15.2. The summed E-state index contributed by atoms with van der Waals surface area (Å²) in [5.41, 5.74) is 2.12. The number of rotatable bonds is 4. The molecule has 0 bridgehead atoms. The predicted octanol–water partition coefficient (Wildman–Crippen LogP) is 2.50. The second kappa shape index (κ2) is 7.47. The number of hydrogen-bond donors (Lipinski definition) is 0. The Balaban J connectivity index is 1.78. The van der Waals surface area contributed by atoms with Gasteiger partial charge in [0.1, 0.15) is 18.0 Å². The minimum Gasteiger partial charge on any atom is -0.497 e. The van der Waals surface area contributed by atoms with Crippen LogP contribution in [0.25, 0.3) is 0 Å². The summed E-state index contributed by atoms with van der Waals surface area (Å²) in [6.45, 7) is 2.79. The lowest BCUT2D eigenvalue weighted by Crippen LogP contribution is -2.52. The number of methoxy groups -OCH3 is 2. The van der Waals surface area contributed by atoms with Crippen LogP contribution in [0.3, 0.4) is 0 Å². The summed E-state index contributed by atoms with van der Waals surface area (Å²) in [5.74, 6) is 0.917. The number of piperazine rings is 1. The van der Waals surface area contributed by atoms with Gasteiger partial charge in [-0.3, -0.25) is 9.59 Å². The zero-order valence-electron chi connectivity index (χ0n) is 15.2. The average molecular weight is 354 g/mol. The van der Waals surface area contributed by atoms with Crippen molar-refractivity contribution in [1.82, 2.24) is 4.90 Å². The molecular formula is C20H22N2O4. The number of carbonyl (C=O) groups excluding carboxylic acids is 2. The van der Waals surface area contributed by atoms with Gasteiger partial charge >= 0.3 is 0 Å². The molecule has 1 heterocycles. The van der Waals surface area contributed by atoms with Crippen molar-refractivity contribution in [2.45, 2.75) is 6.92 Å². The standard InChI is InChI=1S/C20H22N2O4/c1-14-6-4-9-17(26-3)19(14)20(24)21-10-11-22(18(23)13-21)15-7-5-8-16(12-15)25-2/h4-9,12H,10-11,13H2,1-3H3. The van der Waals surface area contributed by atoms with E-state index < -0.39 is 0 Å². The number of hydrogen-bond acceptors (Lipinski definition) is 4. The molecule has 0 saturated carbocycles. The fourth-order valence-corrected chi connectivity index (χ4v) is 3.14. The summed E-state index contributed by atoms with van der Waals surface area (Å²) >= 11 is 0. The van der Waals surface area contributed by atoms with Crippen LogP contribution in [0.4, 0.5) is 5.69 Å². The van der Waals surface area contributed by atoms with Gasteiger partial charge in [0.05, 0.1) is 19.8 Å². The second-order valence-corrected chi connectivity index (χ2v) is 6.13. The molecule has 0 aromatic heterocycles. The van der Waals surface area contributed by atoms with E-state index in [1.165, 1.54) is 7.11 Å². The van der Waals surface area contributed by atoms with Crippen LogP contribution >= 0.6 is 0 Å². The molecule has 2 amide bonds. The molecule has 6 heteroatoms. The maximum absolute atomic E-state index is 12.9. The van der Waals surface area contributed by atoms with Crippen LogP contribution in [0.5, 0.6) is 11.5 Å². The van der Waals surface area contributed by atoms with Gasteiger partial charge in [0, 0.05) is 24.8 Å². The number of nitrogens with zero attached hydrogens (tertiary/aromatic N) is 2. The molecule has 6 nitrogen and oxygen atoms in total. The Morgan fingerprint density at radius 1 is 1.04 bits per heavy atom. The van der Waals surface area contributed by atoms with Gasteiger partial charge in [-0.2, -0.15) is 0 Å². The lowest BCUT2D eigenvalue weighted by Gasteiger charge is -2.34. The number of benzene rings is 2. The highest BCUT2D eigenvalue weighted by Gasteiger charge is 2.30. The van der Waals surface area contributed by atoms with Crippen LogP contribution in [-0.4, -0.2) is 50.6 Å². The number of ether oxygens (including phenoxy) is 2. The summed E-state index contributed by atoms with van der Waals surface area (Å²) in [4.78, 5) is 28.8. The van der Waals surface area contributed by atoms with E-state index in [-0.39, 0.29) is 18.4 Å². The molecule has 0 atom stereocenters. The summed E-state index contributed by atoms with van der Waals surface area (Å²) in [6.07, 6.45) is 0. The van der Waals surface area contributed by atoms with Crippen LogP contribution in [-0.2, 0) is 4.79 Å². The summed E-state index contributed by atoms with van der Waals surface area (Å²) in [7, 11) is 3.13. The van der Waals surface area contributed by atoms with Gasteiger partial charge in [-0.25, -0.2) is 0 Å². The van der Waals surface area contributed by atoms with Crippen LogP contribution in [0, 0.1) is 6.92 Å². The van der Waals surface area contributed by atoms with Gasteiger partial charge in [-0.15, -0.1) is 0 Å². The van der Waals surface area contributed by atoms with E-state index in [1.54, 1.807) is 23.0 Å². The Bertz CT molecular complexity index is 834. The Morgan fingerprint density at radius 2 is 1.81 bits per heavy atom. The van der Waals surface area contributed by atoms with Gasteiger partial charge in [0.15, 0.2) is 0 Å². The van der Waals surface area contributed by atoms with Crippen molar-refractivity contribution in [1.29, 1.82) is 0 Å². The molecule has 0 aliphatic carbocycles. The van der Waals surface area contributed by atoms with E-state index in [4.69, 9.17) is 9.47 Å². The molecule has 0 radical (unpaired) electrons. The molecule has 1 aliphatic rings. The zero-order chi connectivity index (χ0) is 18.7. The third-order valence-electron chi connectivity index (χ3n) is 4.54. The van der Waals surface area contributed by atoms with E-state index in [0.717, 1.165) is 11.3 Å². The number of amides is 2. The van der Waals surface area contributed by atoms with Gasteiger partial charge < -0.3 is 19.3 Å². The first-order chi connectivity index (χ1) is 12.5. The van der Waals surface area contributed by atoms with Crippen LogP contribution < -0.4 is 14.4 Å². The normalized spacial score (nSPS) is 14.3. The first-order valence-electron chi connectivity index (χ1n) is 8.42. The SMILES string of the molecule is COc1cccc(N2CCN(C(=O)c3c(C)cccc3OC)CC2=O)c1. The molecule has 2 aromatic carbocycles. The maximum Gasteiger partial charge on any atom is 0.258 e. The van der Waals surface area contributed by atoms with Crippen molar-refractivity contribution < 1.29 is 19.1 Å². The van der Waals surface area contributed by atoms with Crippen LogP contribution in [0.1, 0.15) is 15.9 Å². The molecule has 1 aliphatic heterocycles. The second-order valence-electron chi connectivity index (χ2n) is 6.13. The fraction of sp³-hybridized carbons (Fsp3) is 0.300. The Kier molecular flexibility index (Phi) is 5.11. The number of aryl methyl sites for hydroxylation is 1. The Morgan fingerprint density at radius 3 is 2.50 bits per heavy atom. The number of carbonyl (C=O) groups is 2. The molecule has 136 valence electrons. The van der Waals surface area contributed by atoms with Crippen LogP contribution in [0.15, 0.2) is 42.5 Å². The smallest absolute Gasteiger partial charge is 0.258 e. The van der Waals surface area contributed by atoms with Crippen molar-refractivity contribution in [2.75, 3.05) is 38.8 Å². The molecule has 0 spiro atoms. The quantitative estimate of drug-likeness (QED) is 0.846. The molecule has 3 rings (SSSR count). The van der Waals surface area contributed by atoms with E-state index in [9.17, 15) is 9.59 Å². The molecular weight excluding hydrogens is 332 g/mol. The average Bonchev–Trinajstić information content (AvgIpc) is 2.67. The van der Waals surface area contributed by atoms with E-state index >= 15 is 0 Å². The third kappa shape index (κ3) is 3.35. The molecule has 26 heavy (non-hydrogen) atoms. The fourth-order valence-electron chi connectivity index (χ4n) is 3.14. The van der Waals surface area contributed by atoms with E-state index in [2.05, 4.69) is 0 Å². The van der Waals surface area contributed by atoms with Gasteiger partial charge in [0.2, 0.25) is 5.91 Å². The monoisotopic (exact) mass is 354 g/mol. The van der Waals surface area contributed by atoms with E-state index in [1.807, 2.05) is 43.3 Å². The highest BCUT2D eigenvalue weighted by molar-refractivity contribution is 6.03. The first-order valence-corrected chi connectivity index (χ1v) is 8.42. The molecule has 0 unspecified atom stereocenters. The predicted molar refractivity (Wildman–Crippen MR) is 99.0 cm³/mol. The lowest BCUT2D eigenvalue weighted by molar-refractivity contribution is -0.120. The van der Waals surface area contributed by atoms with Gasteiger partial charge in [-0.1, -0.05) is 18.2 Å². The number of anilines is 1. The summed E-state index contributed by atoms with van der Waals surface area (Å²) < 4.78 is 10.5. The van der Waals surface area contributed by atoms with Crippen molar-refractivity contribution in [3.05, 3.63) is 53.6 Å². The topological polar surface area (TPSA) is 59.1 Å². The molecule has 1 saturated heterocycles. The Labute approximate surface area is 152 Å². The first kappa shape index (κ1) is 17.8. The lowest BCUT2D eigenvalue weighted by atomic mass is 10.1. The van der Waals surface area contributed by atoms with Gasteiger partial charge in [0.25, 0.3) is 5.91 Å². The third-order valence-corrected chi connectivity index (χ3v) is 4.54. The van der Waals surface area contributed by atoms with Crippen molar-refractivity contribution >= 4 is 17.5 Å². The Hall–Kier alpha value is -3.02. The largest absolute Gasteiger partial charge is 0.497 e. The van der Waals surface area contributed by atoms with Crippen molar-refractivity contribution in [3.8, 4) is 11.5 Å². The molecule has 1 fully saturated rings. The molecule has 0 N–H and O–H groups in total. The highest BCUT2D eigenvalue weighted by Crippen LogP contribution is 2.26. The summed E-state index contributed by atoms with van der Waals surface area (Å²) in [6, 6.07) is 12.8.